The van der Waals surface area contributed by atoms with Crippen LogP contribution in [0.1, 0.15) is 0 Å². The van der Waals surface area contributed by atoms with Crippen molar-refractivity contribution in [3.8, 4) is 11.4 Å². The fourth-order valence-corrected chi connectivity index (χ4v) is 1.45. The minimum Gasteiger partial charge on any atom is -0.206 e. The molecule has 1 aromatic heterocycles. The third-order valence-corrected chi connectivity index (χ3v) is 2.03. The van der Waals surface area contributed by atoms with Crippen LogP contribution in [0.15, 0.2) is 24.3 Å². The Balaban J connectivity index is 2.59. The van der Waals surface area contributed by atoms with Crippen molar-refractivity contribution in [3.63, 3.8) is 0 Å². The average Bonchev–Trinajstić information content (AvgIpc) is 2.16. The van der Waals surface area contributed by atoms with Gasteiger partial charge in [-0.05, 0) is 35.3 Å². The summed E-state index contributed by atoms with van der Waals surface area (Å²) in [5.41, 5.74) is 0.240. The van der Waals surface area contributed by atoms with Gasteiger partial charge in [0, 0.05) is 0 Å². The molecule has 0 radical (unpaired) electrons. The Morgan fingerprint density at radius 3 is 2.13 bits per heavy atom. The zero-order valence-corrected chi connectivity index (χ0v) is 8.80. The van der Waals surface area contributed by atoms with E-state index in [9.17, 15) is 4.39 Å². The molecule has 0 unspecified atom stereocenters. The summed E-state index contributed by atoms with van der Waals surface area (Å²) in [6.07, 6.45) is 0. The van der Waals surface area contributed by atoms with E-state index in [1.54, 1.807) is 12.1 Å². The largest absolute Gasteiger partial charge is 0.227 e. The second kappa shape index (κ2) is 4.08. The summed E-state index contributed by atoms with van der Waals surface area (Å²) >= 11 is 11.2. The van der Waals surface area contributed by atoms with Gasteiger partial charge in [0.1, 0.15) is 5.82 Å². The van der Waals surface area contributed by atoms with Gasteiger partial charge in [-0.1, -0.05) is 12.1 Å². The summed E-state index contributed by atoms with van der Waals surface area (Å²) in [6, 6.07) is 6.09. The number of hydrogen-bond donors (Lipinski definition) is 0. The maximum atomic E-state index is 13.4. The van der Waals surface area contributed by atoms with E-state index in [0.29, 0.717) is 0 Å². The molecule has 15 heavy (non-hydrogen) atoms. The highest BCUT2D eigenvalue weighted by molar-refractivity contribution is 6.31. The van der Waals surface area contributed by atoms with Gasteiger partial charge in [0.25, 0.3) is 0 Å². The molecule has 0 aliphatic heterocycles. The van der Waals surface area contributed by atoms with Gasteiger partial charge in [0.15, 0.2) is 5.82 Å². The van der Waals surface area contributed by atoms with Crippen molar-refractivity contribution in [3.05, 3.63) is 40.6 Å². The molecule has 0 fully saturated rings. The smallest absolute Gasteiger partial charge is 0.206 e. The zero-order valence-electron chi connectivity index (χ0n) is 7.28. The van der Waals surface area contributed by atoms with E-state index in [1.165, 1.54) is 12.1 Å². The number of hydrogen-bond acceptors (Lipinski definition) is 3. The Kier molecular flexibility index (Phi) is 2.79. The summed E-state index contributed by atoms with van der Waals surface area (Å²) in [7, 11) is 0. The molecule has 0 aliphatic carbocycles. The topological polar surface area (TPSA) is 38.7 Å². The van der Waals surface area contributed by atoms with Crippen LogP contribution in [0.25, 0.3) is 11.4 Å². The third kappa shape index (κ3) is 2.22. The fraction of sp³-hybridized carbons (Fsp3) is 0. The van der Waals surface area contributed by atoms with Crippen molar-refractivity contribution in [1.82, 2.24) is 15.0 Å². The number of benzene rings is 1. The summed E-state index contributed by atoms with van der Waals surface area (Å²) in [5, 5.41) is -0.124. The number of rotatable bonds is 1. The van der Waals surface area contributed by atoms with Crippen LogP contribution in [0, 0.1) is 5.82 Å². The van der Waals surface area contributed by atoms with Gasteiger partial charge in [-0.3, -0.25) is 0 Å². The van der Waals surface area contributed by atoms with Crippen LogP contribution in [0.5, 0.6) is 0 Å². The molecule has 0 saturated heterocycles. The quantitative estimate of drug-likeness (QED) is 0.773. The second-order valence-electron chi connectivity index (χ2n) is 2.68. The summed E-state index contributed by atoms with van der Waals surface area (Å²) in [4.78, 5) is 11.1. The van der Waals surface area contributed by atoms with Gasteiger partial charge >= 0.3 is 0 Å². The molecule has 3 nitrogen and oxygen atoms in total. The number of nitrogens with zero attached hydrogens (tertiary/aromatic N) is 3. The average molecular weight is 244 g/mol. The molecule has 0 saturated carbocycles. The maximum Gasteiger partial charge on any atom is 0.227 e. The molecule has 76 valence electrons. The molecule has 1 aromatic carbocycles. The first-order valence-corrected chi connectivity index (χ1v) is 4.74. The molecule has 0 spiro atoms. The lowest BCUT2D eigenvalue weighted by molar-refractivity contribution is 0.630. The van der Waals surface area contributed by atoms with E-state index in [1.807, 2.05) is 0 Å². The van der Waals surface area contributed by atoms with E-state index >= 15 is 0 Å². The first kappa shape index (κ1) is 10.3. The third-order valence-electron chi connectivity index (χ3n) is 1.70. The molecule has 0 aliphatic rings. The fourth-order valence-electron chi connectivity index (χ4n) is 1.09. The first-order chi connectivity index (χ1) is 7.16. The highest BCUT2D eigenvalue weighted by Crippen LogP contribution is 2.20. The Morgan fingerprint density at radius 1 is 0.933 bits per heavy atom. The van der Waals surface area contributed by atoms with E-state index in [-0.39, 0.29) is 22.0 Å². The Hall–Kier alpha value is -1.26. The van der Waals surface area contributed by atoms with Gasteiger partial charge in [-0.2, -0.15) is 15.0 Å². The summed E-state index contributed by atoms with van der Waals surface area (Å²) < 4.78 is 13.4. The van der Waals surface area contributed by atoms with Gasteiger partial charge in [-0.25, -0.2) is 4.39 Å². The van der Waals surface area contributed by atoms with Crippen molar-refractivity contribution in [2.75, 3.05) is 0 Å². The molecule has 2 rings (SSSR count). The van der Waals surface area contributed by atoms with Gasteiger partial charge in [-0.15, -0.1) is 0 Å². The van der Waals surface area contributed by atoms with Crippen LogP contribution in [0.3, 0.4) is 0 Å². The molecular weight excluding hydrogens is 240 g/mol. The molecule has 6 heteroatoms. The van der Waals surface area contributed by atoms with Crippen molar-refractivity contribution in [2.24, 2.45) is 0 Å². The predicted molar refractivity (Wildman–Crippen MR) is 55.2 cm³/mol. The van der Waals surface area contributed by atoms with Gasteiger partial charge in [0.05, 0.1) is 5.56 Å². The van der Waals surface area contributed by atoms with Crippen LogP contribution in [-0.2, 0) is 0 Å². The minimum atomic E-state index is -0.434. The summed E-state index contributed by atoms with van der Waals surface area (Å²) in [6.45, 7) is 0. The standard InChI is InChI=1S/C9H4Cl2FN3/c10-8-13-7(14-9(11)15-8)5-3-1-2-4-6(5)12/h1-4H. The molecule has 0 N–H and O–H groups in total. The van der Waals surface area contributed by atoms with Gasteiger partial charge < -0.3 is 0 Å². The highest BCUT2D eigenvalue weighted by Gasteiger charge is 2.09. The van der Waals surface area contributed by atoms with E-state index < -0.39 is 5.82 Å². The number of aromatic nitrogens is 3. The van der Waals surface area contributed by atoms with Crippen LogP contribution in [-0.4, -0.2) is 15.0 Å². The van der Waals surface area contributed by atoms with E-state index in [4.69, 9.17) is 23.2 Å². The molecule has 1 heterocycles. The SMILES string of the molecule is Fc1ccccc1-c1nc(Cl)nc(Cl)n1. The Labute approximate surface area is 94.9 Å². The second-order valence-corrected chi connectivity index (χ2v) is 3.35. The Morgan fingerprint density at radius 2 is 1.53 bits per heavy atom. The molecule has 2 aromatic rings. The van der Waals surface area contributed by atoms with Crippen LogP contribution < -0.4 is 0 Å². The van der Waals surface area contributed by atoms with Crippen molar-refractivity contribution in [1.29, 1.82) is 0 Å². The minimum absolute atomic E-state index is 0.0618. The van der Waals surface area contributed by atoms with Crippen LogP contribution in [0.2, 0.25) is 10.6 Å². The normalized spacial score (nSPS) is 10.3. The lowest BCUT2D eigenvalue weighted by Crippen LogP contribution is -1.95. The Bertz CT molecular complexity index is 484. The monoisotopic (exact) mass is 243 g/mol. The molecule has 0 atom stereocenters. The maximum absolute atomic E-state index is 13.4. The van der Waals surface area contributed by atoms with Crippen molar-refractivity contribution >= 4 is 23.2 Å². The van der Waals surface area contributed by atoms with Crippen LogP contribution >= 0.6 is 23.2 Å². The van der Waals surface area contributed by atoms with Crippen molar-refractivity contribution < 1.29 is 4.39 Å². The van der Waals surface area contributed by atoms with Gasteiger partial charge in [0.2, 0.25) is 10.6 Å². The van der Waals surface area contributed by atoms with Crippen molar-refractivity contribution in [2.45, 2.75) is 0 Å². The highest BCUT2D eigenvalue weighted by atomic mass is 35.5. The zero-order chi connectivity index (χ0) is 10.8. The van der Waals surface area contributed by atoms with Crippen LogP contribution in [0.4, 0.5) is 4.39 Å². The van der Waals surface area contributed by atoms with E-state index in [2.05, 4.69) is 15.0 Å². The lowest BCUT2D eigenvalue weighted by atomic mass is 10.2. The first-order valence-electron chi connectivity index (χ1n) is 3.99. The lowest BCUT2D eigenvalue weighted by Gasteiger charge is -2.01. The molecule has 0 bridgehead atoms. The molecular formula is C9H4Cl2FN3. The predicted octanol–water partition coefficient (Wildman–Crippen LogP) is 2.98. The van der Waals surface area contributed by atoms with E-state index in [0.717, 1.165) is 0 Å². The summed E-state index contributed by atoms with van der Waals surface area (Å²) in [5.74, 6) is -0.311. The number of halogens is 3. The molecule has 0 amide bonds.